The molecule has 0 fully saturated rings. The molecule has 0 atom stereocenters. The number of aromatic nitrogens is 1. The predicted octanol–water partition coefficient (Wildman–Crippen LogP) is 2.01. The lowest BCUT2D eigenvalue weighted by Gasteiger charge is -2.21. The molecule has 9 heteroatoms. The third kappa shape index (κ3) is 6.26. The molecule has 25 heavy (non-hydrogen) atoms. The quantitative estimate of drug-likeness (QED) is 0.337. The van der Waals surface area contributed by atoms with E-state index in [-0.39, 0.29) is 5.75 Å². The lowest BCUT2D eigenvalue weighted by molar-refractivity contribution is 0.398. The monoisotopic (exact) mass is 384 g/mol. The van der Waals surface area contributed by atoms with E-state index in [1.54, 1.807) is 17.6 Å². The Bertz CT molecular complexity index is 860. The molecule has 0 amide bonds. The second-order valence-electron chi connectivity index (χ2n) is 5.94. The molecule has 1 N–H and O–H groups in total. The van der Waals surface area contributed by atoms with Gasteiger partial charge in [0.2, 0.25) is 4.80 Å². The number of allylic oxidation sites excluding steroid dienone is 2. The molecule has 0 aromatic carbocycles. The number of hydrogen-bond acceptors (Lipinski definition) is 6. The van der Waals surface area contributed by atoms with Gasteiger partial charge in [0.25, 0.3) is 10.1 Å². The maximum atomic E-state index is 10.7. The van der Waals surface area contributed by atoms with Crippen LogP contribution in [0.5, 0.6) is 0 Å². The van der Waals surface area contributed by atoms with Crippen LogP contribution in [-0.2, 0) is 17.2 Å². The number of nitrogens with zero attached hydrogens (tertiary/aromatic N) is 4. The van der Waals surface area contributed by atoms with Crippen molar-refractivity contribution < 1.29 is 13.0 Å². The summed E-state index contributed by atoms with van der Waals surface area (Å²) in [5, 5.41) is 8.43. The van der Waals surface area contributed by atoms with Gasteiger partial charge in [0.05, 0.1) is 12.0 Å². The van der Waals surface area contributed by atoms with E-state index in [9.17, 15) is 8.42 Å². The van der Waals surface area contributed by atoms with Gasteiger partial charge < -0.3 is 9.47 Å². The molecule has 1 aromatic rings. The van der Waals surface area contributed by atoms with Crippen molar-refractivity contribution in [1.82, 2.24) is 9.47 Å². The third-order valence-corrected chi connectivity index (χ3v) is 5.98. The molecule has 0 spiro atoms. The first-order chi connectivity index (χ1) is 11.8. The van der Waals surface area contributed by atoms with Gasteiger partial charge in [-0.15, -0.1) is 16.4 Å². The predicted molar refractivity (Wildman–Crippen MR) is 101 cm³/mol. The van der Waals surface area contributed by atoms with Crippen LogP contribution in [0.1, 0.15) is 23.4 Å². The molecule has 0 bridgehead atoms. The zero-order chi connectivity index (χ0) is 18.4. The molecule has 0 radical (unpaired) electrons. The summed E-state index contributed by atoms with van der Waals surface area (Å²) >= 11 is 1.62. The molecule has 0 aliphatic carbocycles. The standard InChI is InChI=1S/C16H24N4O3S2/c1-13-14(2)24-16(19(13)3)18-17-12-15-6-9-20(10-7-15)8-4-5-11-25(21,22)23/h6-7,9,12H,4-5,8,10-11H2,1-3H3,(H,21,22,23). The van der Waals surface area contributed by atoms with Crippen LogP contribution in [0, 0.1) is 13.8 Å². The van der Waals surface area contributed by atoms with Crippen LogP contribution < -0.4 is 4.80 Å². The number of aryl methyl sites for hydroxylation is 1. The van der Waals surface area contributed by atoms with Crippen molar-refractivity contribution in [3.63, 3.8) is 0 Å². The van der Waals surface area contributed by atoms with Crippen molar-refractivity contribution in [3.8, 4) is 0 Å². The molecule has 2 heterocycles. The summed E-state index contributed by atoms with van der Waals surface area (Å²) in [6.45, 7) is 5.63. The van der Waals surface area contributed by atoms with Gasteiger partial charge in [-0.05, 0) is 44.5 Å². The Balaban J connectivity index is 1.83. The van der Waals surface area contributed by atoms with Crippen LogP contribution in [0.4, 0.5) is 0 Å². The van der Waals surface area contributed by atoms with Gasteiger partial charge in [-0.2, -0.15) is 13.5 Å². The summed E-state index contributed by atoms with van der Waals surface area (Å²) in [4.78, 5) is 4.19. The zero-order valence-corrected chi connectivity index (χ0v) is 16.3. The molecular formula is C16H24N4O3S2. The molecule has 7 nitrogen and oxygen atoms in total. The first-order valence-electron chi connectivity index (χ1n) is 8.04. The lowest BCUT2D eigenvalue weighted by atomic mass is 10.2. The number of thiazole rings is 1. The number of unbranched alkanes of at least 4 members (excludes halogenated alkanes) is 1. The van der Waals surface area contributed by atoms with E-state index >= 15 is 0 Å². The molecule has 138 valence electrons. The molecule has 0 unspecified atom stereocenters. The van der Waals surface area contributed by atoms with Crippen LogP contribution in [0.25, 0.3) is 0 Å². The summed E-state index contributed by atoms with van der Waals surface area (Å²) < 4.78 is 32.1. The maximum Gasteiger partial charge on any atom is 0.264 e. The SMILES string of the molecule is Cc1sc(=NN=CC2=CCN(CCCCS(=O)(=O)O)C=C2)n(C)c1C. The summed E-state index contributed by atoms with van der Waals surface area (Å²) in [6, 6.07) is 0. The fraction of sp³-hybridized carbons (Fsp3) is 0.500. The highest BCUT2D eigenvalue weighted by Crippen LogP contribution is 2.09. The van der Waals surface area contributed by atoms with E-state index < -0.39 is 10.1 Å². The van der Waals surface area contributed by atoms with Crippen molar-refractivity contribution in [2.24, 2.45) is 17.3 Å². The second kappa shape index (κ2) is 8.59. The Hall–Kier alpha value is -1.71. The van der Waals surface area contributed by atoms with Gasteiger partial charge in [-0.25, -0.2) is 0 Å². The topological polar surface area (TPSA) is 87.3 Å². The van der Waals surface area contributed by atoms with Gasteiger partial charge >= 0.3 is 0 Å². The minimum absolute atomic E-state index is 0.182. The second-order valence-corrected chi connectivity index (χ2v) is 8.69. The average molecular weight is 385 g/mol. The molecule has 2 rings (SSSR count). The van der Waals surface area contributed by atoms with Crippen LogP contribution in [0.2, 0.25) is 0 Å². The van der Waals surface area contributed by atoms with Crippen molar-refractivity contribution in [2.75, 3.05) is 18.8 Å². The van der Waals surface area contributed by atoms with Crippen LogP contribution >= 0.6 is 11.3 Å². The fourth-order valence-electron chi connectivity index (χ4n) is 2.30. The Labute approximate surface area is 152 Å². The Kier molecular flexibility index (Phi) is 6.74. The van der Waals surface area contributed by atoms with Gasteiger partial charge in [-0.1, -0.05) is 6.08 Å². The highest BCUT2D eigenvalue weighted by molar-refractivity contribution is 7.85. The third-order valence-electron chi connectivity index (χ3n) is 4.03. The van der Waals surface area contributed by atoms with E-state index in [2.05, 4.69) is 29.0 Å². The first kappa shape index (κ1) is 19.6. The van der Waals surface area contributed by atoms with Gasteiger partial charge in [0.15, 0.2) is 0 Å². The molecule has 1 aliphatic heterocycles. The molecule has 1 aliphatic rings. The van der Waals surface area contributed by atoms with Crippen LogP contribution in [-0.4, -0.2) is 47.5 Å². The van der Waals surface area contributed by atoms with E-state index in [0.717, 1.165) is 23.5 Å². The lowest BCUT2D eigenvalue weighted by Crippen LogP contribution is -2.22. The van der Waals surface area contributed by atoms with E-state index in [1.165, 1.54) is 10.6 Å². The highest BCUT2D eigenvalue weighted by Gasteiger charge is 2.06. The summed E-state index contributed by atoms with van der Waals surface area (Å²) in [5.41, 5.74) is 2.19. The molecule has 1 aromatic heterocycles. The normalized spacial score (nSPS) is 16.1. The van der Waals surface area contributed by atoms with E-state index in [4.69, 9.17) is 4.55 Å². The highest BCUT2D eigenvalue weighted by atomic mass is 32.2. The number of rotatable bonds is 7. The van der Waals surface area contributed by atoms with E-state index in [1.807, 2.05) is 30.0 Å². The fourth-order valence-corrected chi connectivity index (χ4v) is 3.78. The summed E-state index contributed by atoms with van der Waals surface area (Å²) in [5.74, 6) is -0.182. The van der Waals surface area contributed by atoms with Crippen molar-refractivity contribution in [3.05, 3.63) is 39.3 Å². The minimum atomic E-state index is -3.85. The van der Waals surface area contributed by atoms with Gasteiger partial charge in [-0.3, -0.25) is 4.55 Å². The summed E-state index contributed by atoms with van der Waals surface area (Å²) in [7, 11) is -1.87. The van der Waals surface area contributed by atoms with Gasteiger partial charge in [0, 0.05) is 30.7 Å². The van der Waals surface area contributed by atoms with Crippen molar-refractivity contribution in [2.45, 2.75) is 26.7 Å². The van der Waals surface area contributed by atoms with Crippen LogP contribution in [0.15, 0.2) is 34.1 Å². The smallest absolute Gasteiger partial charge is 0.264 e. The maximum absolute atomic E-state index is 10.7. The number of hydrogen-bond donors (Lipinski definition) is 1. The van der Waals surface area contributed by atoms with E-state index in [0.29, 0.717) is 12.8 Å². The first-order valence-corrected chi connectivity index (χ1v) is 10.5. The largest absolute Gasteiger partial charge is 0.374 e. The zero-order valence-electron chi connectivity index (χ0n) is 14.7. The Morgan fingerprint density at radius 1 is 1.36 bits per heavy atom. The van der Waals surface area contributed by atoms with Crippen molar-refractivity contribution in [1.29, 1.82) is 0 Å². The average Bonchev–Trinajstić information content (AvgIpc) is 2.79. The minimum Gasteiger partial charge on any atom is -0.374 e. The summed E-state index contributed by atoms with van der Waals surface area (Å²) in [6.07, 6.45) is 8.87. The molecule has 0 saturated carbocycles. The van der Waals surface area contributed by atoms with Crippen molar-refractivity contribution >= 4 is 27.7 Å². The molecule has 0 saturated heterocycles. The van der Waals surface area contributed by atoms with Crippen LogP contribution in [0.3, 0.4) is 0 Å². The molecular weight excluding hydrogens is 360 g/mol. The Morgan fingerprint density at radius 3 is 2.68 bits per heavy atom. The Morgan fingerprint density at radius 2 is 2.12 bits per heavy atom. The van der Waals surface area contributed by atoms with Gasteiger partial charge in [0.1, 0.15) is 0 Å².